The Hall–Kier alpha value is -3.11. The van der Waals surface area contributed by atoms with Crippen LogP contribution >= 0.6 is 0 Å². The molecule has 140 valence electrons. The highest BCUT2D eigenvalue weighted by Gasteiger charge is 2.17. The first-order valence-electron chi connectivity index (χ1n) is 8.12. The highest BCUT2D eigenvalue weighted by atomic mass is 32.2. The Morgan fingerprint density at radius 2 is 1.85 bits per heavy atom. The monoisotopic (exact) mass is 386 g/mol. The Bertz CT molecular complexity index is 1030. The minimum absolute atomic E-state index is 0.0397. The topological polar surface area (TPSA) is 119 Å². The summed E-state index contributed by atoms with van der Waals surface area (Å²) in [6.07, 6.45) is 1.46. The molecule has 27 heavy (non-hydrogen) atoms. The SMILES string of the molecule is CC(C)NS(=O)(=O)c1cccc(C(=O)Nc2ccc(-n3cnnn3)cc2)c1. The Kier molecular flexibility index (Phi) is 5.28. The predicted molar refractivity (Wildman–Crippen MR) is 99.0 cm³/mol. The van der Waals surface area contributed by atoms with E-state index in [-0.39, 0.29) is 16.5 Å². The van der Waals surface area contributed by atoms with Crippen LogP contribution in [0.2, 0.25) is 0 Å². The number of rotatable bonds is 6. The summed E-state index contributed by atoms with van der Waals surface area (Å²) in [5.74, 6) is -0.410. The quantitative estimate of drug-likeness (QED) is 0.664. The molecule has 0 fully saturated rings. The minimum Gasteiger partial charge on any atom is -0.322 e. The second-order valence-electron chi connectivity index (χ2n) is 6.06. The van der Waals surface area contributed by atoms with Crippen LogP contribution in [0.3, 0.4) is 0 Å². The number of nitrogens with one attached hydrogen (secondary N) is 2. The average Bonchev–Trinajstić information content (AvgIpc) is 3.16. The normalized spacial score (nSPS) is 11.5. The molecule has 0 saturated carbocycles. The second-order valence-corrected chi connectivity index (χ2v) is 7.77. The summed E-state index contributed by atoms with van der Waals surface area (Å²) >= 11 is 0. The fourth-order valence-electron chi connectivity index (χ4n) is 2.36. The molecule has 3 rings (SSSR count). The van der Waals surface area contributed by atoms with Crippen LogP contribution < -0.4 is 10.0 Å². The van der Waals surface area contributed by atoms with Crippen LogP contribution in [0.4, 0.5) is 5.69 Å². The van der Waals surface area contributed by atoms with Gasteiger partial charge in [-0.3, -0.25) is 4.79 Å². The Labute approximate surface area is 156 Å². The summed E-state index contributed by atoms with van der Waals surface area (Å²) in [4.78, 5) is 12.5. The summed E-state index contributed by atoms with van der Waals surface area (Å²) < 4.78 is 28.5. The Morgan fingerprint density at radius 3 is 2.48 bits per heavy atom. The van der Waals surface area contributed by atoms with Gasteiger partial charge in [0.15, 0.2) is 0 Å². The number of carbonyl (C=O) groups is 1. The molecule has 2 aromatic carbocycles. The fraction of sp³-hybridized carbons (Fsp3) is 0.176. The average molecular weight is 386 g/mol. The minimum atomic E-state index is -3.67. The molecule has 0 radical (unpaired) electrons. The number of carbonyl (C=O) groups excluding carboxylic acids is 1. The lowest BCUT2D eigenvalue weighted by molar-refractivity contribution is 0.102. The van der Waals surface area contributed by atoms with Gasteiger partial charge in [-0.15, -0.1) is 5.10 Å². The molecule has 0 unspecified atom stereocenters. The Balaban J connectivity index is 1.76. The van der Waals surface area contributed by atoms with Crippen LogP contribution in [0.15, 0.2) is 59.8 Å². The van der Waals surface area contributed by atoms with Crippen molar-refractivity contribution >= 4 is 21.6 Å². The summed E-state index contributed by atoms with van der Waals surface area (Å²) in [5.41, 5.74) is 1.54. The van der Waals surface area contributed by atoms with Gasteiger partial charge in [-0.25, -0.2) is 17.8 Å². The third kappa shape index (κ3) is 4.54. The molecule has 0 saturated heterocycles. The van der Waals surface area contributed by atoms with E-state index in [1.165, 1.54) is 29.2 Å². The summed E-state index contributed by atoms with van der Waals surface area (Å²) in [7, 11) is -3.67. The third-order valence-electron chi connectivity index (χ3n) is 3.54. The number of sulfonamides is 1. The number of hydrogen-bond donors (Lipinski definition) is 2. The van der Waals surface area contributed by atoms with E-state index in [4.69, 9.17) is 0 Å². The molecule has 0 bridgehead atoms. The standard InChI is InChI=1S/C17H18N6O3S/c1-12(2)20-27(25,26)16-5-3-4-13(10-16)17(24)19-14-6-8-15(9-7-14)23-11-18-21-22-23/h3-12,20H,1-2H3,(H,19,24). The van der Waals surface area contributed by atoms with Crippen molar-refractivity contribution in [3.05, 3.63) is 60.4 Å². The van der Waals surface area contributed by atoms with E-state index < -0.39 is 15.9 Å². The van der Waals surface area contributed by atoms with Crippen molar-refractivity contribution in [2.75, 3.05) is 5.32 Å². The smallest absolute Gasteiger partial charge is 0.255 e. The molecule has 2 N–H and O–H groups in total. The molecule has 0 aliphatic heterocycles. The molecule has 0 atom stereocenters. The fourth-order valence-corrected chi connectivity index (χ4v) is 3.66. The number of hydrogen-bond acceptors (Lipinski definition) is 6. The van der Waals surface area contributed by atoms with Crippen molar-refractivity contribution in [3.63, 3.8) is 0 Å². The van der Waals surface area contributed by atoms with Gasteiger partial charge >= 0.3 is 0 Å². The van der Waals surface area contributed by atoms with Gasteiger partial charge in [-0.1, -0.05) is 6.07 Å². The summed E-state index contributed by atoms with van der Waals surface area (Å²) in [5, 5.41) is 13.6. The first kappa shape index (κ1) is 18.7. The third-order valence-corrected chi connectivity index (χ3v) is 5.19. The highest BCUT2D eigenvalue weighted by molar-refractivity contribution is 7.89. The number of aromatic nitrogens is 4. The Morgan fingerprint density at radius 1 is 1.11 bits per heavy atom. The van der Waals surface area contributed by atoms with Gasteiger partial charge in [-0.05, 0) is 66.7 Å². The van der Waals surface area contributed by atoms with Crippen molar-refractivity contribution in [3.8, 4) is 5.69 Å². The van der Waals surface area contributed by atoms with Gasteiger partial charge in [-0.2, -0.15) is 0 Å². The van der Waals surface area contributed by atoms with Crippen molar-refractivity contribution in [1.82, 2.24) is 24.9 Å². The lowest BCUT2D eigenvalue weighted by Crippen LogP contribution is -2.30. The van der Waals surface area contributed by atoms with Crippen molar-refractivity contribution in [1.29, 1.82) is 0 Å². The zero-order valence-corrected chi connectivity index (χ0v) is 15.5. The second kappa shape index (κ2) is 7.64. The molecule has 0 aliphatic rings. The van der Waals surface area contributed by atoms with E-state index in [0.717, 1.165) is 5.69 Å². The van der Waals surface area contributed by atoms with E-state index >= 15 is 0 Å². The zero-order valence-electron chi connectivity index (χ0n) is 14.7. The van der Waals surface area contributed by atoms with E-state index in [9.17, 15) is 13.2 Å². The summed E-state index contributed by atoms with van der Waals surface area (Å²) in [6, 6.07) is 12.5. The molecular formula is C17H18N6O3S. The van der Waals surface area contributed by atoms with Crippen LogP contribution in [0.25, 0.3) is 5.69 Å². The molecule has 9 nitrogen and oxygen atoms in total. The van der Waals surface area contributed by atoms with Crippen LogP contribution in [-0.2, 0) is 10.0 Å². The van der Waals surface area contributed by atoms with Crippen LogP contribution in [-0.4, -0.2) is 40.6 Å². The van der Waals surface area contributed by atoms with E-state index in [0.29, 0.717) is 5.69 Å². The lowest BCUT2D eigenvalue weighted by atomic mass is 10.2. The first-order valence-corrected chi connectivity index (χ1v) is 9.60. The predicted octanol–water partition coefficient (Wildman–Crippen LogP) is 1.60. The van der Waals surface area contributed by atoms with Gasteiger partial charge in [0.2, 0.25) is 10.0 Å². The van der Waals surface area contributed by atoms with Gasteiger partial charge < -0.3 is 5.32 Å². The van der Waals surface area contributed by atoms with Gasteiger partial charge in [0.1, 0.15) is 6.33 Å². The first-order chi connectivity index (χ1) is 12.8. The number of amides is 1. The lowest BCUT2D eigenvalue weighted by Gasteiger charge is -2.11. The van der Waals surface area contributed by atoms with E-state index in [2.05, 4.69) is 25.6 Å². The molecule has 10 heteroatoms. The van der Waals surface area contributed by atoms with Crippen LogP contribution in [0, 0.1) is 0 Å². The van der Waals surface area contributed by atoms with Crippen molar-refractivity contribution < 1.29 is 13.2 Å². The number of tetrazole rings is 1. The van der Waals surface area contributed by atoms with Gasteiger partial charge in [0.25, 0.3) is 5.91 Å². The molecule has 1 aromatic heterocycles. The molecular weight excluding hydrogens is 368 g/mol. The van der Waals surface area contributed by atoms with E-state index in [1.807, 2.05) is 0 Å². The van der Waals surface area contributed by atoms with E-state index in [1.54, 1.807) is 44.2 Å². The maximum absolute atomic E-state index is 12.5. The maximum atomic E-state index is 12.5. The molecule has 3 aromatic rings. The molecule has 0 aliphatic carbocycles. The molecule has 1 heterocycles. The van der Waals surface area contributed by atoms with Crippen molar-refractivity contribution in [2.24, 2.45) is 0 Å². The van der Waals surface area contributed by atoms with Crippen LogP contribution in [0.1, 0.15) is 24.2 Å². The summed E-state index contributed by atoms with van der Waals surface area (Å²) in [6.45, 7) is 3.46. The number of anilines is 1. The maximum Gasteiger partial charge on any atom is 0.255 e. The van der Waals surface area contributed by atoms with Crippen molar-refractivity contribution in [2.45, 2.75) is 24.8 Å². The van der Waals surface area contributed by atoms with Crippen LogP contribution in [0.5, 0.6) is 0 Å². The number of nitrogens with zero attached hydrogens (tertiary/aromatic N) is 4. The van der Waals surface area contributed by atoms with Gasteiger partial charge in [0.05, 0.1) is 10.6 Å². The molecule has 1 amide bonds. The van der Waals surface area contributed by atoms with Gasteiger partial charge in [0, 0.05) is 17.3 Å². The molecule has 0 spiro atoms. The highest BCUT2D eigenvalue weighted by Crippen LogP contribution is 2.16. The zero-order chi connectivity index (χ0) is 19.4. The number of benzene rings is 2. The largest absolute Gasteiger partial charge is 0.322 e.